The highest BCUT2D eigenvalue weighted by molar-refractivity contribution is 9.10. The minimum absolute atomic E-state index is 0.00970. The van der Waals surface area contributed by atoms with Crippen LogP contribution in [0.1, 0.15) is 16.1 Å². The van der Waals surface area contributed by atoms with Gasteiger partial charge in [-0.15, -0.1) is 0 Å². The molecule has 1 aromatic carbocycles. The van der Waals surface area contributed by atoms with E-state index in [0.717, 1.165) is 12.1 Å². The predicted octanol–water partition coefficient (Wildman–Crippen LogP) is 3.51. The molecule has 0 bridgehead atoms. The summed E-state index contributed by atoms with van der Waals surface area (Å²) in [6, 6.07) is 2.98. The van der Waals surface area contributed by atoms with E-state index in [2.05, 4.69) is 31.2 Å². The monoisotopic (exact) mass is 345 g/mol. The van der Waals surface area contributed by atoms with Crippen molar-refractivity contribution in [3.05, 3.63) is 52.5 Å². The van der Waals surface area contributed by atoms with Gasteiger partial charge < -0.3 is 5.32 Å². The Morgan fingerprint density at radius 1 is 1.25 bits per heavy atom. The molecular weight excluding hydrogens is 339 g/mol. The van der Waals surface area contributed by atoms with E-state index < -0.39 is 17.6 Å². The molecule has 1 aromatic heterocycles. The van der Waals surface area contributed by atoms with Crippen molar-refractivity contribution in [2.75, 3.05) is 5.32 Å². The molecule has 0 aliphatic rings. The lowest BCUT2D eigenvalue weighted by Crippen LogP contribution is -2.15. The SMILES string of the molecule is O=C(Nc1cc(C(F)(F)F)ccc1Br)c1cnccn1. The number of benzene rings is 1. The summed E-state index contributed by atoms with van der Waals surface area (Å²) >= 11 is 3.08. The van der Waals surface area contributed by atoms with Crippen LogP contribution in [0, 0.1) is 0 Å². The molecule has 2 rings (SSSR count). The van der Waals surface area contributed by atoms with Crippen LogP contribution in [-0.2, 0) is 6.18 Å². The Hall–Kier alpha value is -1.96. The first-order valence-corrected chi connectivity index (χ1v) is 6.11. The van der Waals surface area contributed by atoms with Crippen molar-refractivity contribution in [2.45, 2.75) is 6.18 Å². The molecule has 0 aliphatic heterocycles. The van der Waals surface area contributed by atoms with Crippen LogP contribution in [0.3, 0.4) is 0 Å². The molecule has 0 fully saturated rings. The zero-order valence-corrected chi connectivity index (χ0v) is 11.4. The van der Waals surface area contributed by atoms with Gasteiger partial charge in [-0.1, -0.05) is 0 Å². The van der Waals surface area contributed by atoms with E-state index >= 15 is 0 Å². The minimum Gasteiger partial charge on any atom is -0.320 e. The summed E-state index contributed by atoms with van der Waals surface area (Å²) in [5.41, 5.74) is -0.831. The van der Waals surface area contributed by atoms with E-state index in [1.54, 1.807) is 0 Å². The fraction of sp³-hybridized carbons (Fsp3) is 0.0833. The van der Waals surface area contributed by atoms with E-state index in [1.165, 1.54) is 24.7 Å². The molecule has 20 heavy (non-hydrogen) atoms. The first-order chi connectivity index (χ1) is 9.38. The lowest BCUT2D eigenvalue weighted by molar-refractivity contribution is -0.137. The summed E-state index contributed by atoms with van der Waals surface area (Å²) in [5.74, 6) is -0.641. The number of hydrogen-bond donors (Lipinski definition) is 1. The number of hydrogen-bond acceptors (Lipinski definition) is 3. The van der Waals surface area contributed by atoms with Crippen molar-refractivity contribution in [2.24, 2.45) is 0 Å². The quantitative estimate of drug-likeness (QED) is 0.906. The van der Waals surface area contributed by atoms with Gasteiger partial charge in [-0.3, -0.25) is 9.78 Å². The largest absolute Gasteiger partial charge is 0.416 e. The summed E-state index contributed by atoms with van der Waals surface area (Å²) in [7, 11) is 0. The van der Waals surface area contributed by atoms with Crippen molar-refractivity contribution in [1.29, 1.82) is 0 Å². The topological polar surface area (TPSA) is 54.9 Å². The number of aromatic nitrogens is 2. The van der Waals surface area contributed by atoms with Gasteiger partial charge in [0.25, 0.3) is 5.91 Å². The van der Waals surface area contributed by atoms with E-state index in [1.807, 2.05) is 0 Å². The molecular formula is C12H7BrF3N3O. The summed E-state index contributed by atoms with van der Waals surface area (Å²) in [5, 5.41) is 2.35. The van der Waals surface area contributed by atoms with Gasteiger partial charge in [-0.05, 0) is 34.1 Å². The summed E-state index contributed by atoms with van der Waals surface area (Å²) in [4.78, 5) is 19.3. The number of amides is 1. The fourth-order valence-corrected chi connectivity index (χ4v) is 1.75. The number of nitrogens with zero attached hydrogens (tertiary/aromatic N) is 2. The molecule has 1 amide bonds. The minimum atomic E-state index is -4.48. The van der Waals surface area contributed by atoms with Gasteiger partial charge in [0.1, 0.15) is 5.69 Å². The van der Waals surface area contributed by atoms with E-state index in [9.17, 15) is 18.0 Å². The van der Waals surface area contributed by atoms with Gasteiger partial charge in [-0.2, -0.15) is 13.2 Å². The van der Waals surface area contributed by atoms with Gasteiger partial charge in [0.2, 0.25) is 0 Å². The third-order valence-corrected chi connectivity index (χ3v) is 3.03. The molecule has 4 nitrogen and oxygen atoms in total. The normalized spacial score (nSPS) is 11.2. The van der Waals surface area contributed by atoms with Crippen LogP contribution in [-0.4, -0.2) is 15.9 Å². The van der Waals surface area contributed by atoms with Gasteiger partial charge in [0.15, 0.2) is 0 Å². The number of rotatable bonds is 2. The third-order valence-electron chi connectivity index (χ3n) is 2.34. The lowest BCUT2D eigenvalue weighted by atomic mass is 10.2. The summed E-state index contributed by atoms with van der Waals surface area (Å²) < 4.78 is 38.2. The molecule has 0 spiro atoms. The first-order valence-electron chi connectivity index (χ1n) is 5.32. The number of nitrogens with one attached hydrogen (secondary N) is 1. The van der Waals surface area contributed by atoms with Gasteiger partial charge in [0, 0.05) is 16.9 Å². The Kier molecular flexibility index (Phi) is 4.03. The van der Waals surface area contributed by atoms with Crippen molar-refractivity contribution in [1.82, 2.24) is 9.97 Å². The highest BCUT2D eigenvalue weighted by Crippen LogP contribution is 2.34. The van der Waals surface area contributed by atoms with Crippen LogP contribution >= 0.6 is 15.9 Å². The molecule has 8 heteroatoms. The number of anilines is 1. The zero-order valence-electron chi connectivity index (χ0n) is 9.78. The molecule has 0 aliphatic carbocycles. The average Bonchev–Trinajstić information content (AvgIpc) is 2.41. The summed E-state index contributed by atoms with van der Waals surface area (Å²) in [6.07, 6.45) is -0.559. The molecule has 0 unspecified atom stereocenters. The Morgan fingerprint density at radius 3 is 2.60 bits per heavy atom. The van der Waals surface area contributed by atoms with Gasteiger partial charge in [0.05, 0.1) is 17.4 Å². The molecule has 1 N–H and O–H groups in total. The molecule has 0 saturated carbocycles. The average molecular weight is 346 g/mol. The molecule has 104 valence electrons. The van der Waals surface area contributed by atoms with Crippen molar-refractivity contribution >= 4 is 27.5 Å². The molecule has 0 atom stereocenters. The van der Waals surface area contributed by atoms with E-state index in [0.29, 0.717) is 4.47 Å². The van der Waals surface area contributed by atoms with Crippen LogP contribution < -0.4 is 5.32 Å². The summed E-state index contributed by atoms with van der Waals surface area (Å²) in [6.45, 7) is 0. The maximum absolute atomic E-state index is 12.6. The maximum atomic E-state index is 12.6. The molecule has 2 aromatic rings. The van der Waals surface area contributed by atoms with Gasteiger partial charge in [-0.25, -0.2) is 4.98 Å². The lowest BCUT2D eigenvalue weighted by Gasteiger charge is -2.11. The van der Waals surface area contributed by atoms with Gasteiger partial charge >= 0.3 is 6.18 Å². The number of carbonyl (C=O) groups excluding carboxylic acids is 1. The number of halogens is 4. The zero-order chi connectivity index (χ0) is 14.8. The van der Waals surface area contributed by atoms with E-state index in [-0.39, 0.29) is 11.4 Å². The molecule has 1 heterocycles. The van der Waals surface area contributed by atoms with Crippen LogP contribution in [0.4, 0.5) is 18.9 Å². The van der Waals surface area contributed by atoms with Crippen LogP contribution in [0.15, 0.2) is 41.3 Å². The predicted molar refractivity (Wildman–Crippen MR) is 69.1 cm³/mol. The second kappa shape index (κ2) is 5.58. The van der Waals surface area contributed by atoms with Crippen molar-refractivity contribution in [3.8, 4) is 0 Å². The standard InChI is InChI=1S/C12H7BrF3N3O/c13-8-2-1-7(12(14,15)16)5-9(8)19-11(20)10-6-17-3-4-18-10/h1-6H,(H,19,20). The second-order valence-electron chi connectivity index (χ2n) is 3.74. The second-order valence-corrected chi connectivity index (χ2v) is 4.59. The van der Waals surface area contributed by atoms with Crippen LogP contribution in [0.25, 0.3) is 0 Å². The van der Waals surface area contributed by atoms with E-state index in [4.69, 9.17) is 0 Å². The first kappa shape index (κ1) is 14.4. The Morgan fingerprint density at radius 2 is 2.00 bits per heavy atom. The highest BCUT2D eigenvalue weighted by Gasteiger charge is 2.31. The Balaban J connectivity index is 2.27. The maximum Gasteiger partial charge on any atom is 0.416 e. The number of carbonyl (C=O) groups is 1. The smallest absolute Gasteiger partial charge is 0.320 e. The highest BCUT2D eigenvalue weighted by atomic mass is 79.9. The fourth-order valence-electron chi connectivity index (χ4n) is 1.40. The third kappa shape index (κ3) is 3.32. The molecule has 0 saturated heterocycles. The van der Waals surface area contributed by atoms with Crippen molar-refractivity contribution < 1.29 is 18.0 Å². The Bertz CT molecular complexity index is 632. The van der Waals surface area contributed by atoms with Crippen LogP contribution in [0.2, 0.25) is 0 Å². The van der Waals surface area contributed by atoms with Crippen LogP contribution in [0.5, 0.6) is 0 Å². The molecule has 0 radical (unpaired) electrons. The number of alkyl halides is 3. The van der Waals surface area contributed by atoms with Crippen molar-refractivity contribution in [3.63, 3.8) is 0 Å². The Labute approximate surface area is 120 Å².